The van der Waals surface area contributed by atoms with Gasteiger partial charge in [-0.3, -0.25) is 9.59 Å². The number of anilines is 3. The van der Waals surface area contributed by atoms with Crippen LogP contribution in [0.4, 0.5) is 21.8 Å². The van der Waals surface area contributed by atoms with Crippen LogP contribution < -0.4 is 16.0 Å². The highest BCUT2D eigenvalue weighted by Gasteiger charge is 2.26. The third-order valence-corrected chi connectivity index (χ3v) is 6.77. The molecular weight excluding hydrogens is 521 g/mol. The van der Waals surface area contributed by atoms with E-state index in [0.29, 0.717) is 29.6 Å². The van der Waals surface area contributed by atoms with Crippen molar-refractivity contribution in [3.8, 4) is 11.8 Å². The molecule has 1 saturated carbocycles. The molecule has 1 aromatic carbocycles. The van der Waals surface area contributed by atoms with Crippen molar-refractivity contribution in [1.29, 1.82) is 0 Å². The van der Waals surface area contributed by atoms with E-state index in [0.717, 1.165) is 25.7 Å². The summed E-state index contributed by atoms with van der Waals surface area (Å²) < 4.78 is 13.6. The quantitative estimate of drug-likeness (QED) is 0.295. The topological polar surface area (TPSA) is 102 Å². The molecule has 9 nitrogen and oxygen atoms in total. The van der Waals surface area contributed by atoms with E-state index in [1.54, 1.807) is 38.4 Å². The lowest BCUT2D eigenvalue weighted by atomic mass is 9.86. The second-order valence-electron chi connectivity index (χ2n) is 11.0. The van der Waals surface area contributed by atoms with Crippen molar-refractivity contribution in [3.05, 3.63) is 54.0 Å². The van der Waals surface area contributed by atoms with Crippen LogP contribution in [0.15, 0.2) is 42.6 Å². The Morgan fingerprint density at radius 3 is 2.68 bits per heavy atom. The van der Waals surface area contributed by atoms with Crippen molar-refractivity contribution in [3.63, 3.8) is 0 Å². The summed E-state index contributed by atoms with van der Waals surface area (Å²) in [4.78, 5) is 37.7. The Labute approximate surface area is 243 Å². The lowest BCUT2D eigenvalue weighted by Crippen LogP contribution is -2.49. The average Bonchev–Trinajstić information content (AvgIpc) is 2.91. The SMILES string of the molecule is CC(C)Nc1nc(Nc2cccc(F)c2)ncc1C#C[C@@H]1CCC[C@H](NC(=O)[C@H](C)N(C)C(=O)C=CCN(C)C)C1. The molecule has 0 aliphatic heterocycles. The number of likely N-dealkylation sites (N-methyl/N-ethyl adjacent to an activating group) is 2. The van der Waals surface area contributed by atoms with E-state index in [1.807, 2.05) is 32.8 Å². The van der Waals surface area contributed by atoms with Gasteiger partial charge in [0.25, 0.3) is 0 Å². The van der Waals surface area contributed by atoms with Gasteiger partial charge < -0.3 is 25.8 Å². The molecule has 1 aliphatic rings. The number of hydrogen-bond acceptors (Lipinski definition) is 7. The van der Waals surface area contributed by atoms with Gasteiger partial charge in [-0.25, -0.2) is 9.37 Å². The van der Waals surface area contributed by atoms with E-state index in [4.69, 9.17) is 0 Å². The molecule has 220 valence electrons. The lowest BCUT2D eigenvalue weighted by Gasteiger charge is -2.30. The van der Waals surface area contributed by atoms with Gasteiger partial charge in [0.2, 0.25) is 17.8 Å². The third-order valence-electron chi connectivity index (χ3n) is 6.77. The molecule has 1 aromatic heterocycles. The first kappa shape index (κ1) is 31.6. The molecule has 3 atom stereocenters. The van der Waals surface area contributed by atoms with Gasteiger partial charge in [-0.1, -0.05) is 30.4 Å². The molecule has 3 N–H and O–H groups in total. The monoisotopic (exact) mass is 563 g/mol. The summed E-state index contributed by atoms with van der Waals surface area (Å²) in [5.74, 6) is 6.94. The Bertz CT molecular complexity index is 1280. The fourth-order valence-corrected chi connectivity index (χ4v) is 4.41. The number of rotatable bonds is 10. The number of carbonyl (C=O) groups excluding carboxylic acids is 2. The van der Waals surface area contributed by atoms with Crippen molar-refractivity contribution in [1.82, 2.24) is 25.1 Å². The maximum atomic E-state index is 13.6. The van der Waals surface area contributed by atoms with Crippen molar-refractivity contribution in [2.45, 2.75) is 64.6 Å². The summed E-state index contributed by atoms with van der Waals surface area (Å²) in [5.41, 5.74) is 1.23. The van der Waals surface area contributed by atoms with Gasteiger partial charge in [0, 0.05) is 43.4 Å². The van der Waals surface area contributed by atoms with Crippen molar-refractivity contribution in [2.75, 3.05) is 38.3 Å². The Morgan fingerprint density at radius 2 is 1.98 bits per heavy atom. The number of amides is 2. The Hall–Kier alpha value is -3.97. The zero-order valence-corrected chi connectivity index (χ0v) is 24.9. The smallest absolute Gasteiger partial charge is 0.246 e. The van der Waals surface area contributed by atoms with E-state index < -0.39 is 6.04 Å². The van der Waals surface area contributed by atoms with Crippen LogP contribution in [-0.2, 0) is 9.59 Å². The van der Waals surface area contributed by atoms with Crippen LogP contribution in [0.25, 0.3) is 0 Å². The first-order valence-electron chi connectivity index (χ1n) is 14.1. The minimum absolute atomic E-state index is 0.00635. The summed E-state index contributed by atoms with van der Waals surface area (Å²) in [5, 5.41) is 9.48. The van der Waals surface area contributed by atoms with E-state index in [-0.39, 0.29) is 35.6 Å². The lowest BCUT2D eigenvalue weighted by molar-refractivity contribution is -0.135. The molecule has 10 heteroatoms. The van der Waals surface area contributed by atoms with Crippen LogP contribution >= 0.6 is 0 Å². The number of aromatic nitrogens is 2. The average molecular weight is 564 g/mol. The van der Waals surface area contributed by atoms with E-state index >= 15 is 0 Å². The highest BCUT2D eigenvalue weighted by molar-refractivity contribution is 5.92. The van der Waals surface area contributed by atoms with Gasteiger partial charge in [0.1, 0.15) is 17.7 Å². The molecule has 1 aliphatic carbocycles. The second-order valence-corrected chi connectivity index (χ2v) is 11.0. The number of benzene rings is 1. The molecule has 0 bridgehead atoms. The maximum absolute atomic E-state index is 13.6. The summed E-state index contributed by atoms with van der Waals surface area (Å²) >= 11 is 0. The predicted octanol–water partition coefficient (Wildman–Crippen LogP) is 4.17. The second kappa shape index (κ2) is 15.1. The van der Waals surface area contributed by atoms with Crippen LogP contribution in [0.1, 0.15) is 52.0 Å². The van der Waals surface area contributed by atoms with Gasteiger partial charge in [-0.05, 0) is 72.3 Å². The molecule has 1 heterocycles. The Morgan fingerprint density at radius 1 is 1.20 bits per heavy atom. The number of carbonyl (C=O) groups is 2. The van der Waals surface area contributed by atoms with Gasteiger partial charge in [-0.2, -0.15) is 4.98 Å². The molecule has 0 saturated heterocycles. The first-order chi connectivity index (χ1) is 19.5. The van der Waals surface area contributed by atoms with E-state index in [9.17, 15) is 14.0 Å². The molecule has 41 heavy (non-hydrogen) atoms. The normalized spacial score (nSPS) is 17.6. The highest BCUT2D eigenvalue weighted by Crippen LogP contribution is 2.25. The molecule has 2 amide bonds. The van der Waals surface area contributed by atoms with Crippen LogP contribution in [-0.4, -0.2) is 77.4 Å². The fraction of sp³-hybridized carbons (Fsp3) is 0.484. The van der Waals surface area contributed by atoms with Gasteiger partial charge in [0.15, 0.2) is 0 Å². The van der Waals surface area contributed by atoms with Crippen LogP contribution in [0.3, 0.4) is 0 Å². The fourth-order valence-electron chi connectivity index (χ4n) is 4.41. The van der Waals surface area contributed by atoms with Crippen molar-refractivity contribution >= 4 is 29.3 Å². The largest absolute Gasteiger partial charge is 0.367 e. The summed E-state index contributed by atoms with van der Waals surface area (Å²) in [6, 6.07) is 5.65. The summed E-state index contributed by atoms with van der Waals surface area (Å²) in [7, 11) is 5.50. The van der Waals surface area contributed by atoms with Crippen molar-refractivity contribution < 1.29 is 14.0 Å². The standard InChI is InChI=1S/C31H42FN7O2/c1-21(2)34-29-24(20-33-31(37-29)36-27-13-8-11-25(32)19-27)16-15-23-10-7-12-26(18-23)35-30(41)22(3)39(6)28(40)14-9-17-38(4)5/h8-9,11,13-14,19-23,26H,7,10,12,17-18H2,1-6H3,(H,35,41)(H2,33,34,36,37)/t22-,23-,26-/m0/s1. The number of nitrogens with one attached hydrogen (secondary N) is 3. The summed E-state index contributed by atoms with van der Waals surface area (Å²) in [6.07, 6.45) is 8.46. The van der Waals surface area contributed by atoms with E-state index in [1.165, 1.54) is 23.1 Å². The third kappa shape index (κ3) is 10.2. The minimum Gasteiger partial charge on any atom is -0.367 e. The molecule has 0 spiro atoms. The zero-order valence-electron chi connectivity index (χ0n) is 24.9. The molecule has 2 aromatic rings. The number of halogens is 1. The molecule has 1 fully saturated rings. The molecular formula is C31H42FN7O2. The highest BCUT2D eigenvalue weighted by atomic mass is 19.1. The number of hydrogen-bond donors (Lipinski definition) is 3. The maximum Gasteiger partial charge on any atom is 0.246 e. The summed E-state index contributed by atoms with van der Waals surface area (Å²) in [6.45, 7) is 6.42. The molecule has 3 rings (SSSR count). The van der Waals surface area contributed by atoms with Crippen LogP contribution in [0.5, 0.6) is 0 Å². The van der Waals surface area contributed by atoms with Crippen LogP contribution in [0, 0.1) is 23.6 Å². The van der Waals surface area contributed by atoms with Crippen molar-refractivity contribution in [2.24, 2.45) is 5.92 Å². The van der Waals surface area contributed by atoms with Gasteiger partial charge in [0.05, 0.1) is 11.8 Å². The molecule has 0 radical (unpaired) electrons. The first-order valence-corrected chi connectivity index (χ1v) is 14.1. The Kier molecular flexibility index (Phi) is 11.7. The Balaban J connectivity index is 1.63. The zero-order chi connectivity index (χ0) is 29.9. The molecule has 0 unspecified atom stereocenters. The van der Waals surface area contributed by atoms with Gasteiger partial charge in [-0.15, -0.1) is 0 Å². The predicted molar refractivity (Wildman–Crippen MR) is 161 cm³/mol. The minimum atomic E-state index is -0.584. The van der Waals surface area contributed by atoms with Crippen LogP contribution in [0.2, 0.25) is 0 Å². The van der Waals surface area contributed by atoms with Gasteiger partial charge >= 0.3 is 0 Å². The van der Waals surface area contributed by atoms with E-state index in [2.05, 4.69) is 37.8 Å². The number of nitrogens with zero attached hydrogens (tertiary/aromatic N) is 4.